The highest BCUT2D eigenvalue weighted by Crippen LogP contribution is 2.28. The van der Waals surface area contributed by atoms with Gasteiger partial charge in [-0.25, -0.2) is 0 Å². The molecule has 0 fully saturated rings. The molecule has 0 radical (unpaired) electrons. The van der Waals surface area contributed by atoms with Gasteiger partial charge < -0.3 is 9.47 Å². The Hall–Kier alpha value is -1.67. The zero-order chi connectivity index (χ0) is 12.3. The molecule has 0 heterocycles. The van der Waals surface area contributed by atoms with E-state index in [1.54, 1.807) is 13.2 Å². The van der Waals surface area contributed by atoms with E-state index in [4.69, 9.17) is 21.1 Å². The van der Waals surface area contributed by atoms with Crippen LogP contribution < -0.4 is 9.47 Å². The number of hydrogen-bond acceptors (Lipinski definition) is 2. The Bertz CT molecular complexity index is 506. The van der Waals surface area contributed by atoms with Crippen LogP contribution in [0.25, 0.3) is 0 Å². The first-order valence-electron chi connectivity index (χ1n) is 5.27. The maximum Gasteiger partial charge on any atom is 0.131 e. The van der Waals surface area contributed by atoms with Gasteiger partial charge in [0.25, 0.3) is 0 Å². The van der Waals surface area contributed by atoms with Gasteiger partial charge in [-0.15, -0.1) is 0 Å². The second-order valence-electron chi connectivity index (χ2n) is 3.69. The van der Waals surface area contributed by atoms with Gasteiger partial charge >= 0.3 is 0 Å². The van der Waals surface area contributed by atoms with E-state index in [0.29, 0.717) is 5.02 Å². The molecule has 0 aliphatic carbocycles. The summed E-state index contributed by atoms with van der Waals surface area (Å²) in [7, 11) is 1.64. The molecule has 0 bridgehead atoms. The van der Waals surface area contributed by atoms with Crippen molar-refractivity contribution in [3.8, 4) is 17.2 Å². The van der Waals surface area contributed by atoms with Crippen LogP contribution in [-0.2, 0) is 0 Å². The molecule has 2 aromatic rings. The Morgan fingerprint density at radius 2 is 1.59 bits per heavy atom. The standard InChI is InChI=1S/C14H13ClO2/c1-10-3-4-11(15)9-14(10)17-13-7-5-12(16-2)6-8-13/h3-9H,1-2H3. The zero-order valence-corrected chi connectivity index (χ0v) is 10.5. The average Bonchev–Trinajstić information content (AvgIpc) is 2.35. The number of halogens is 1. The summed E-state index contributed by atoms with van der Waals surface area (Å²) in [6.07, 6.45) is 0. The Morgan fingerprint density at radius 3 is 2.24 bits per heavy atom. The monoisotopic (exact) mass is 248 g/mol. The number of ether oxygens (including phenoxy) is 2. The molecule has 88 valence electrons. The maximum atomic E-state index is 5.93. The SMILES string of the molecule is COc1ccc(Oc2cc(Cl)ccc2C)cc1. The third-order valence-electron chi connectivity index (χ3n) is 2.44. The van der Waals surface area contributed by atoms with Gasteiger partial charge in [0.1, 0.15) is 17.2 Å². The van der Waals surface area contributed by atoms with Crippen LogP contribution in [0.1, 0.15) is 5.56 Å². The first kappa shape index (κ1) is 11.8. The molecule has 0 spiro atoms. The van der Waals surface area contributed by atoms with Crippen molar-refractivity contribution in [3.63, 3.8) is 0 Å². The summed E-state index contributed by atoms with van der Waals surface area (Å²) < 4.78 is 10.8. The summed E-state index contributed by atoms with van der Waals surface area (Å²) in [5.41, 5.74) is 1.05. The fourth-order valence-corrected chi connectivity index (χ4v) is 1.62. The lowest BCUT2D eigenvalue weighted by Crippen LogP contribution is -1.88. The van der Waals surface area contributed by atoms with Gasteiger partial charge in [-0.1, -0.05) is 17.7 Å². The summed E-state index contributed by atoms with van der Waals surface area (Å²) in [4.78, 5) is 0. The second-order valence-corrected chi connectivity index (χ2v) is 4.12. The van der Waals surface area contributed by atoms with E-state index in [-0.39, 0.29) is 0 Å². The molecule has 3 heteroatoms. The molecular formula is C14H13ClO2. The second kappa shape index (κ2) is 5.11. The van der Waals surface area contributed by atoms with E-state index in [9.17, 15) is 0 Å². The summed E-state index contributed by atoms with van der Waals surface area (Å²) in [6, 6.07) is 13.0. The summed E-state index contributed by atoms with van der Waals surface area (Å²) >= 11 is 5.93. The van der Waals surface area contributed by atoms with Crippen LogP contribution in [0.4, 0.5) is 0 Å². The summed E-state index contributed by atoms with van der Waals surface area (Å²) in [5.74, 6) is 2.33. The summed E-state index contributed by atoms with van der Waals surface area (Å²) in [5, 5.41) is 0.666. The molecule has 0 saturated heterocycles. The minimum Gasteiger partial charge on any atom is -0.497 e. The molecule has 2 nitrogen and oxygen atoms in total. The Kier molecular flexibility index (Phi) is 3.55. The smallest absolute Gasteiger partial charge is 0.131 e. The molecule has 0 aromatic heterocycles. The Balaban J connectivity index is 2.22. The van der Waals surface area contributed by atoms with Crippen molar-refractivity contribution in [3.05, 3.63) is 53.1 Å². The minimum atomic E-state index is 0.666. The van der Waals surface area contributed by atoms with Gasteiger partial charge in [-0.05, 0) is 48.9 Å². The highest BCUT2D eigenvalue weighted by atomic mass is 35.5. The van der Waals surface area contributed by atoms with Crippen LogP contribution in [0.15, 0.2) is 42.5 Å². The lowest BCUT2D eigenvalue weighted by molar-refractivity contribution is 0.412. The van der Waals surface area contributed by atoms with Crippen LogP contribution in [0.3, 0.4) is 0 Å². The minimum absolute atomic E-state index is 0.666. The topological polar surface area (TPSA) is 18.5 Å². The van der Waals surface area contributed by atoms with Gasteiger partial charge in [0, 0.05) is 5.02 Å². The number of hydrogen-bond donors (Lipinski definition) is 0. The molecule has 0 N–H and O–H groups in total. The van der Waals surface area contributed by atoms with Gasteiger partial charge in [-0.3, -0.25) is 0 Å². The summed E-state index contributed by atoms with van der Waals surface area (Å²) in [6.45, 7) is 1.98. The van der Waals surface area contributed by atoms with Crippen LogP contribution in [0, 0.1) is 6.92 Å². The van der Waals surface area contributed by atoms with Gasteiger partial charge in [0.15, 0.2) is 0 Å². The van der Waals surface area contributed by atoms with Crippen molar-refractivity contribution in [2.75, 3.05) is 7.11 Å². The molecule has 17 heavy (non-hydrogen) atoms. The third kappa shape index (κ3) is 2.92. The lowest BCUT2D eigenvalue weighted by atomic mass is 10.2. The van der Waals surface area contributed by atoms with Crippen molar-refractivity contribution in [1.82, 2.24) is 0 Å². The molecule has 0 aliphatic rings. The van der Waals surface area contributed by atoms with E-state index in [1.165, 1.54) is 0 Å². The molecule has 0 amide bonds. The molecule has 0 saturated carbocycles. The molecule has 0 unspecified atom stereocenters. The first-order chi connectivity index (χ1) is 8.19. The molecule has 2 aromatic carbocycles. The molecule has 0 aliphatic heterocycles. The molecule has 0 atom stereocenters. The van der Waals surface area contributed by atoms with Crippen molar-refractivity contribution in [1.29, 1.82) is 0 Å². The van der Waals surface area contributed by atoms with Gasteiger partial charge in [0.05, 0.1) is 7.11 Å². The van der Waals surface area contributed by atoms with E-state index in [0.717, 1.165) is 22.8 Å². The van der Waals surface area contributed by atoms with Gasteiger partial charge in [0.2, 0.25) is 0 Å². The highest BCUT2D eigenvalue weighted by Gasteiger charge is 2.02. The predicted octanol–water partition coefficient (Wildman–Crippen LogP) is 4.45. The zero-order valence-electron chi connectivity index (χ0n) is 9.74. The predicted molar refractivity (Wildman–Crippen MR) is 69.3 cm³/mol. The quantitative estimate of drug-likeness (QED) is 0.799. The first-order valence-corrected chi connectivity index (χ1v) is 5.65. The Morgan fingerprint density at radius 1 is 0.941 bits per heavy atom. The fraction of sp³-hybridized carbons (Fsp3) is 0.143. The van der Waals surface area contributed by atoms with E-state index in [1.807, 2.05) is 43.3 Å². The highest BCUT2D eigenvalue weighted by molar-refractivity contribution is 6.30. The number of benzene rings is 2. The number of rotatable bonds is 3. The largest absolute Gasteiger partial charge is 0.497 e. The van der Waals surface area contributed by atoms with Crippen LogP contribution in [0.2, 0.25) is 5.02 Å². The van der Waals surface area contributed by atoms with E-state index in [2.05, 4.69) is 0 Å². The molecular weight excluding hydrogens is 236 g/mol. The number of aryl methyl sites for hydroxylation is 1. The maximum absolute atomic E-state index is 5.93. The van der Waals surface area contributed by atoms with Crippen LogP contribution in [-0.4, -0.2) is 7.11 Å². The number of methoxy groups -OCH3 is 1. The van der Waals surface area contributed by atoms with E-state index >= 15 is 0 Å². The lowest BCUT2D eigenvalue weighted by Gasteiger charge is -2.09. The van der Waals surface area contributed by atoms with Crippen molar-refractivity contribution in [2.45, 2.75) is 6.92 Å². The normalized spacial score (nSPS) is 10.1. The van der Waals surface area contributed by atoms with Crippen LogP contribution >= 0.6 is 11.6 Å². The average molecular weight is 249 g/mol. The fourth-order valence-electron chi connectivity index (χ4n) is 1.45. The van der Waals surface area contributed by atoms with Crippen molar-refractivity contribution >= 4 is 11.6 Å². The van der Waals surface area contributed by atoms with Crippen LogP contribution in [0.5, 0.6) is 17.2 Å². The van der Waals surface area contributed by atoms with E-state index < -0.39 is 0 Å². The van der Waals surface area contributed by atoms with Crippen molar-refractivity contribution < 1.29 is 9.47 Å². The Labute approximate surface area is 106 Å². The van der Waals surface area contributed by atoms with Crippen molar-refractivity contribution in [2.24, 2.45) is 0 Å². The third-order valence-corrected chi connectivity index (χ3v) is 2.67. The van der Waals surface area contributed by atoms with Gasteiger partial charge in [-0.2, -0.15) is 0 Å². The molecule has 2 rings (SSSR count).